The molecule has 0 bridgehead atoms. The van der Waals surface area contributed by atoms with Crippen LogP contribution in [0.15, 0.2) is 40.9 Å². The predicted molar refractivity (Wildman–Crippen MR) is 145 cm³/mol. The van der Waals surface area contributed by atoms with Crippen LogP contribution in [-0.2, 0) is 16.0 Å². The summed E-state index contributed by atoms with van der Waals surface area (Å²) in [5.41, 5.74) is 11.7. The number of nitrogens with two attached hydrogens (primary N) is 1. The fourth-order valence-corrected chi connectivity index (χ4v) is 5.66. The van der Waals surface area contributed by atoms with E-state index in [1.165, 1.54) is 21.6 Å². The summed E-state index contributed by atoms with van der Waals surface area (Å²) < 4.78 is 7.70. The van der Waals surface area contributed by atoms with Gasteiger partial charge in [0.25, 0.3) is 0 Å². The SMILES string of the molecule is C/C(=C\CN)Cc1ccc(C2=NC(CC(=O)OC(C)(C)C)c3nnc(C)n3-c3sc(C)c(C)c32)cc1. The van der Waals surface area contributed by atoms with Crippen molar-refractivity contribution in [3.05, 3.63) is 74.7 Å². The van der Waals surface area contributed by atoms with Gasteiger partial charge in [-0.2, -0.15) is 0 Å². The van der Waals surface area contributed by atoms with Gasteiger partial charge >= 0.3 is 5.97 Å². The summed E-state index contributed by atoms with van der Waals surface area (Å²) in [6.45, 7) is 14.4. The molecular formula is C28H35N5O2S. The maximum atomic E-state index is 12.9. The van der Waals surface area contributed by atoms with Crippen LogP contribution in [0.4, 0.5) is 0 Å². The highest BCUT2D eigenvalue weighted by Crippen LogP contribution is 2.39. The molecule has 2 aromatic heterocycles. The summed E-state index contributed by atoms with van der Waals surface area (Å²) in [5.74, 6) is 1.13. The number of aliphatic imine (C=N–C) groups is 1. The van der Waals surface area contributed by atoms with Crippen molar-refractivity contribution in [2.24, 2.45) is 10.7 Å². The Bertz CT molecular complexity index is 1340. The van der Waals surface area contributed by atoms with Gasteiger partial charge in [0.2, 0.25) is 0 Å². The lowest BCUT2D eigenvalue weighted by Gasteiger charge is -2.21. The zero-order valence-electron chi connectivity index (χ0n) is 22.2. The Balaban J connectivity index is 1.82. The van der Waals surface area contributed by atoms with Crippen molar-refractivity contribution in [1.29, 1.82) is 0 Å². The minimum atomic E-state index is -0.573. The molecule has 1 aliphatic heterocycles. The number of aromatic nitrogens is 3. The van der Waals surface area contributed by atoms with Crippen molar-refractivity contribution in [2.45, 2.75) is 73.0 Å². The van der Waals surface area contributed by atoms with Crippen LogP contribution in [-0.4, -0.2) is 38.6 Å². The molecule has 4 rings (SSSR count). The molecule has 0 amide bonds. The number of esters is 1. The number of rotatable bonds is 6. The summed E-state index contributed by atoms with van der Waals surface area (Å²) in [6.07, 6.45) is 2.99. The number of aryl methyl sites for hydroxylation is 2. The molecule has 8 heteroatoms. The van der Waals surface area contributed by atoms with E-state index in [0.717, 1.165) is 34.1 Å². The monoisotopic (exact) mass is 505 g/mol. The quantitative estimate of drug-likeness (QED) is 0.361. The second-order valence-corrected chi connectivity index (χ2v) is 11.6. The molecular weight excluding hydrogens is 470 g/mol. The van der Waals surface area contributed by atoms with E-state index in [0.29, 0.717) is 12.4 Å². The Morgan fingerprint density at radius 3 is 2.50 bits per heavy atom. The van der Waals surface area contributed by atoms with Gasteiger partial charge in [-0.3, -0.25) is 14.4 Å². The predicted octanol–water partition coefficient (Wildman–Crippen LogP) is 5.33. The fourth-order valence-electron chi connectivity index (χ4n) is 4.44. The number of carbonyl (C=O) groups is 1. The Morgan fingerprint density at radius 1 is 1.17 bits per heavy atom. The van der Waals surface area contributed by atoms with E-state index in [1.807, 2.05) is 33.8 Å². The maximum Gasteiger partial charge on any atom is 0.308 e. The van der Waals surface area contributed by atoms with E-state index in [4.69, 9.17) is 15.5 Å². The standard InChI is InChI=1S/C28H35N5O2S/c1-16(12-13-29)14-20-8-10-21(11-9-20)25-24-17(2)18(3)36-27(24)33-19(4)31-32-26(33)22(30-25)15-23(34)35-28(5,6)7/h8-12,22H,13-15,29H2,1-7H3/b16-12+. The van der Waals surface area contributed by atoms with E-state index >= 15 is 0 Å². The molecule has 2 N–H and O–H groups in total. The minimum absolute atomic E-state index is 0.0903. The van der Waals surface area contributed by atoms with E-state index in [9.17, 15) is 4.79 Å². The lowest BCUT2D eigenvalue weighted by atomic mass is 9.97. The first-order valence-corrected chi connectivity index (χ1v) is 13.1. The Kier molecular flexibility index (Phi) is 7.29. The number of hydrogen-bond donors (Lipinski definition) is 1. The smallest absolute Gasteiger partial charge is 0.308 e. The largest absolute Gasteiger partial charge is 0.460 e. The van der Waals surface area contributed by atoms with Crippen molar-refractivity contribution < 1.29 is 9.53 Å². The van der Waals surface area contributed by atoms with E-state index < -0.39 is 11.6 Å². The Hall–Kier alpha value is -3.10. The number of benzene rings is 1. The Morgan fingerprint density at radius 2 is 1.86 bits per heavy atom. The van der Waals surface area contributed by atoms with Crippen molar-refractivity contribution in [1.82, 2.24) is 14.8 Å². The normalized spacial score (nSPS) is 15.7. The zero-order valence-corrected chi connectivity index (χ0v) is 23.0. The lowest BCUT2D eigenvalue weighted by molar-refractivity contribution is -0.155. The van der Waals surface area contributed by atoms with Gasteiger partial charge in [-0.15, -0.1) is 21.5 Å². The summed E-state index contributed by atoms with van der Waals surface area (Å²) in [7, 11) is 0. The third kappa shape index (κ3) is 5.34. The number of hydrogen-bond acceptors (Lipinski definition) is 7. The van der Waals surface area contributed by atoms with Crippen LogP contribution in [0.1, 0.15) is 78.9 Å². The highest BCUT2D eigenvalue weighted by Gasteiger charge is 2.33. The highest BCUT2D eigenvalue weighted by atomic mass is 32.1. The van der Waals surface area contributed by atoms with Gasteiger partial charge in [0.05, 0.1) is 12.1 Å². The Labute approximate surface area is 217 Å². The number of fused-ring (bicyclic) bond motifs is 3. The van der Waals surface area contributed by atoms with Crippen LogP contribution < -0.4 is 5.73 Å². The molecule has 7 nitrogen and oxygen atoms in total. The molecule has 0 saturated carbocycles. The van der Waals surface area contributed by atoms with Crippen LogP contribution in [0.3, 0.4) is 0 Å². The number of allylic oxidation sites excluding steroid dienone is 1. The second kappa shape index (κ2) is 10.1. The van der Waals surface area contributed by atoms with Crippen molar-refractivity contribution in [3.8, 4) is 5.00 Å². The van der Waals surface area contributed by atoms with Gasteiger partial charge in [-0.1, -0.05) is 35.9 Å². The van der Waals surface area contributed by atoms with Crippen LogP contribution in [0, 0.1) is 20.8 Å². The molecule has 3 heterocycles. The van der Waals surface area contributed by atoms with Crippen molar-refractivity contribution >= 4 is 23.0 Å². The van der Waals surface area contributed by atoms with Crippen LogP contribution in [0.25, 0.3) is 5.00 Å². The molecule has 0 fully saturated rings. The molecule has 3 aromatic rings. The van der Waals surface area contributed by atoms with E-state index in [2.05, 4.69) is 59.8 Å². The molecule has 0 saturated heterocycles. The first kappa shape index (κ1) is 26.0. The van der Waals surface area contributed by atoms with Gasteiger partial charge in [-0.25, -0.2) is 0 Å². The van der Waals surface area contributed by atoms with E-state index in [1.54, 1.807) is 11.3 Å². The third-order valence-corrected chi connectivity index (χ3v) is 7.39. The van der Waals surface area contributed by atoms with Gasteiger partial charge in [0.1, 0.15) is 22.5 Å². The van der Waals surface area contributed by atoms with Crippen molar-refractivity contribution in [3.63, 3.8) is 0 Å². The molecule has 0 aliphatic carbocycles. The maximum absolute atomic E-state index is 12.9. The number of carbonyl (C=O) groups excluding carboxylic acids is 1. The average molecular weight is 506 g/mol. The van der Waals surface area contributed by atoms with Crippen LogP contribution in [0.2, 0.25) is 0 Å². The molecule has 0 radical (unpaired) electrons. The van der Waals surface area contributed by atoms with Gasteiger partial charge in [0.15, 0.2) is 5.82 Å². The minimum Gasteiger partial charge on any atom is -0.460 e. The van der Waals surface area contributed by atoms with Crippen LogP contribution in [0.5, 0.6) is 0 Å². The third-order valence-electron chi connectivity index (χ3n) is 6.20. The van der Waals surface area contributed by atoms with E-state index in [-0.39, 0.29) is 12.4 Å². The summed E-state index contributed by atoms with van der Waals surface area (Å²) in [5, 5.41) is 9.85. The first-order chi connectivity index (χ1) is 17.0. The fraction of sp³-hybridized carbons (Fsp3) is 0.429. The number of ether oxygens (including phenoxy) is 1. The highest BCUT2D eigenvalue weighted by molar-refractivity contribution is 7.15. The summed E-state index contributed by atoms with van der Waals surface area (Å²) in [4.78, 5) is 19.3. The molecule has 0 spiro atoms. The topological polar surface area (TPSA) is 95.4 Å². The molecule has 1 unspecified atom stereocenters. The zero-order chi connectivity index (χ0) is 26.2. The van der Waals surface area contributed by atoms with Crippen LogP contribution >= 0.6 is 11.3 Å². The van der Waals surface area contributed by atoms with Gasteiger partial charge in [0, 0.05) is 22.5 Å². The molecule has 1 atom stereocenters. The first-order valence-electron chi connectivity index (χ1n) is 12.3. The molecule has 190 valence electrons. The van der Waals surface area contributed by atoms with Gasteiger partial charge in [-0.05, 0) is 66.0 Å². The number of nitrogens with zero attached hydrogens (tertiary/aromatic N) is 4. The molecule has 36 heavy (non-hydrogen) atoms. The molecule has 1 aromatic carbocycles. The lowest BCUT2D eigenvalue weighted by Crippen LogP contribution is -2.25. The second-order valence-electron chi connectivity index (χ2n) is 10.3. The van der Waals surface area contributed by atoms with Gasteiger partial charge < -0.3 is 10.5 Å². The van der Waals surface area contributed by atoms with Crippen molar-refractivity contribution in [2.75, 3.05) is 6.54 Å². The summed E-state index contributed by atoms with van der Waals surface area (Å²) in [6, 6.07) is 8.00. The summed E-state index contributed by atoms with van der Waals surface area (Å²) >= 11 is 1.70. The average Bonchev–Trinajstić information content (AvgIpc) is 3.25. The molecule has 1 aliphatic rings. The number of thiophene rings is 1.